The van der Waals surface area contributed by atoms with E-state index in [4.69, 9.17) is 11.6 Å². The molecule has 0 aromatic heterocycles. The van der Waals surface area contributed by atoms with E-state index in [2.05, 4.69) is 329 Å². The van der Waals surface area contributed by atoms with Crippen molar-refractivity contribution >= 4 is 97.8 Å². The zero-order valence-electron chi connectivity index (χ0n) is 57.1. The van der Waals surface area contributed by atoms with Crippen molar-refractivity contribution in [2.24, 2.45) is 0 Å². The van der Waals surface area contributed by atoms with Gasteiger partial charge in [0.05, 0.1) is 12.5 Å². The van der Waals surface area contributed by atoms with Crippen molar-refractivity contribution in [2.75, 3.05) is 4.90 Å². The zero-order valence-corrected chi connectivity index (χ0v) is 54.1. The fraction of sp³-hybridized carbons (Fsp3) is 0.0455. The molecule has 0 radical (unpaired) electrons. The third-order valence-corrected chi connectivity index (χ3v) is 28.8. The minimum absolute atomic E-state index is 0.116. The molecule has 0 aliphatic carbocycles. The molecule has 2 aliphatic heterocycles. The molecule has 2 aliphatic rings. The van der Waals surface area contributed by atoms with E-state index in [1.54, 1.807) is 0 Å². The highest BCUT2D eigenvalue weighted by Gasteiger charge is 2.47. The fourth-order valence-corrected chi connectivity index (χ4v) is 24.5. The Hall–Kier alpha value is -10.8. The van der Waals surface area contributed by atoms with E-state index in [1.165, 1.54) is 42.9 Å². The monoisotopic (exact) mass is 1230 g/mol. The lowest BCUT2D eigenvalue weighted by atomic mass is 9.34. The molecule has 16 rings (SSSR count). The van der Waals surface area contributed by atoms with E-state index >= 15 is 0 Å². The lowest BCUT2D eigenvalue weighted by Crippen LogP contribution is -2.75. The smallest absolute Gasteiger partial charge is 0.256 e. The minimum Gasteiger partial charge on any atom is -0.458 e. The van der Waals surface area contributed by atoms with Crippen LogP contribution in [0.3, 0.4) is 0 Å². The summed E-state index contributed by atoms with van der Waals surface area (Å²) in [6.07, 6.45) is 0. The number of hydrogen-bond donors (Lipinski definition) is 0. The van der Waals surface area contributed by atoms with Crippen molar-refractivity contribution in [2.45, 2.75) is 26.2 Å². The van der Waals surface area contributed by atoms with Gasteiger partial charge in [0.25, 0.3) is 6.71 Å². The summed E-state index contributed by atoms with van der Waals surface area (Å²) in [7, 11) is -6.34. The molecule has 2 nitrogen and oxygen atoms in total. The molecule has 0 bridgehead atoms. The van der Waals surface area contributed by atoms with E-state index < -0.39 is 22.2 Å². The molecule has 93 heavy (non-hydrogen) atoms. The minimum atomic E-state index is -3.24. The van der Waals surface area contributed by atoms with Crippen LogP contribution in [0.1, 0.15) is 33.2 Å². The molecular formula is C88H68BNOSi2. The maximum absolute atomic E-state index is 9.07. The molecule has 0 unspecified atom stereocenters. The van der Waals surface area contributed by atoms with Crippen LogP contribution in [0, 0.1) is 0 Å². The van der Waals surface area contributed by atoms with Gasteiger partial charge in [-0.25, -0.2) is 0 Å². The first-order valence-electron chi connectivity index (χ1n) is 34.6. The van der Waals surface area contributed by atoms with Gasteiger partial charge >= 0.3 is 0 Å². The highest BCUT2D eigenvalue weighted by molar-refractivity contribution is 7.20. The summed E-state index contributed by atoms with van der Waals surface area (Å²) in [5.41, 5.74) is 15.2. The average Bonchev–Trinajstić information content (AvgIpc) is 0.705. The number of nitrogens with zero attached hydrogens (tertiary/aromatic N) is 1. The molecule has 0 fully saturated rings. The van der Waals surface area contributed by atoms with E-state index in [9.17, 15) is 0 Å². The predicted molar refractivity (Wildman–Crippen MR) is 400 cm³/mol. The van der Waals surface area contributed by atoms with Crippen molar-refractivity contribution in [3.63, 3.8) is 0 Å². The van der Waals surface area contributed by atoms with E-state index in [0.29, 0.717) is 5.56 Å². The molecular weight excluding hydrogens is 1150 g/mol. The van der Waals surface area contributed by atoms with Gasteiger partial charge in [-0.2, -0.15) is 0 Å². The Morgan fingerprint density at radius 1 is 0.312 bits per heavy atom. The second kappa shape index (κ2) is 23.8. The SMILES string of the molecule is [2H]c1c([2H])c([2H])c(-c2cccc([Si](c3ccccc3)(c3ccccc3)c3ccc(-c4ccc5c(c4)N(c4ccc(C(C)(C)C)cc4-c4ccccc4)c4cccc6c4B5c4ccc([Si](c5ccccc5)(c5ccccc5)c5cccc(-c7ccccc7)c5)cc4O6)cc3)c2)c([2H])c1[2H]. The van der Waals surface area contributed by atoms with Crippen molar-refractivity contribution in [3.8, 4) is 56.0 Å². The predicted octanol–water partition coefficient (Wildman–Crippen LogP) is 14.8. The van der Waals surface area contributed by atoms with E-state index in [1.807, 2.05) is 24.3 Å². The Morgan fingerprint density at radius 2 is 0.742 bits per heavy atom. The molecule has 0 spiro atoms. The largest absolute Gasteiger partial charge is 0.458 e. The molecule has 0 atom stereocenters. The number of anilines is 3. The Labute approximate surface area is 556 Å². The molecule has 0 saturated carbocycles. The first-order chi connectivity index (χ1) is 47.8. The third kappa shape index (κ3) is 9.95. The molecule has 14 aromatic rings. The van der Waals surface area contributed by atoms with Gasteiger partial charge in [-0.15, -0.1) is 0 Å². The van der Waals surface area contributed by atoms with Crippen LogP contribution < -0.4 is 67.5 Å². The summed E-state index contributed by atoms with van der Waals surface area (Å²) in [6, 6.07) is 118. The van der Waals surface area contributed by atoms with Crippen LogP contribution in [0.2, 0.25) is 0 Å². The summed E-state index contributed by atoms with van der Waals surface area (Å²) >= 11 is 0. The Balaban J connectivity index is 0.894. The normalized spacial score (nSPS) is 13.3. The Morgan fingerprint density at radius 3 is 1.31 bits per heavy atom. The van der Waals surface area contributed by atoms with Gasteiger partial charge in [-0.3, -0.25) is 0 Å². The Kier molecular flexibility index (Phi) is 13.3. The highest BCUT2D eigenvalue weighted by atomic mass is 28.3. The number of fused-ring (bicyclic) bond motifs is 4. The zero-order chi connectivity index (χ0) is 66.9. The van der Waals surface area contributed by atoms with Gasteiger partial charge in [0.15, 0.2) is 16.1 Å². The maximum atomic E-state index is 9.07. The summed E-state index contributed by atoms with van der Waals surface area (Å²) in [6.45, 7) is 6.66. The van der Waals surface area contributed by atoms with Crippen LogP contribution in [0.25, 0.3) is 44.5 Å². The van der Waals surface area contributed by atoms with Gasteiger partial charge in [0.1, 0.15) is 11.5 Å². The molecule has 5 heteroatoms. The quantitative estimate of drug-likeness (QED) is 0.0843. The molecule has 2 heterocycles. The summed E-state index contributed by atoms with van der Waals surface area (Å²) in [5, 5.41) is 9.56. The van der Waals surface area contributed by atoms with Gasteiger partial charge in [-0.05, 0) is 144 Å². The fourth-order valence-electron chi connectivity index (χ4n) is 14.9. The second-order valence-corrected chi connectivity index (χ2v) is 33.1. The molecule has 0 amide bonds. The number of hydrogen-bond acceptors (Lipinski definition) is 2. The molecule has 0 N–H and O–H groups in total. The number of benzene rings is 14. The van der Waals surface area contributed by atoms with Crippen molar-refractivity contribution in [1.29, 1.82) is 0 Å². The maximum Gasteiger partial charge on any atom is 0.256 e. The summed E-state index contributed by atoms with van der Waals surface area (Å²) in [4.78, 5) is 2.49. The second-order valence-electron chi connectivity index (χ2n) is 25.5. The highest BCUT2D eigenvalue weighted by Crippen LogP contribution is 2.46. The van der Waals surface area contributed by atoms with Crippen LogP contribution >= 0.6 is 0 Å². The number of ether oxygens (including phenoxy) is 1. The van der Waals surface area contributed by atoms with Gasteiger partial charge in [0, 0.05) is 16.9 Å². The van der Waals surface area contributed by atoms with Crippen LogP contribution in [0.15, 0.2) is 358 Å². The van der Waals surface area contributed by atoms with E-state index in [-0.39, 0.29) is 41.9 Å². The topological polar surface area (TPSA) is 12.5 Å². The third-order valence-electron chi connectivity index (χ3n) is 19.3. The van der Waals surface area contributed by atoms with Gasteiger partial charge in [0.2, 0.25) is 0 Å². The molecule has 14 aromatic carbocycles. The van der Waals surface area contributed by atoms with Crippen LogP contribution in [0.4, 0.5) is 17.1 Å². The van der Waals surface area contributed by atoms with Gasteiger partial charge in [-0.1, -0.05) is 342 Å². The summed E-state index contributed by atoms with van der Waals surface area (Å²) < 4.78 is 51.3. The standard InChI is InChI=1S/C88H68BNOSi2/c1-88(2,3)70-51-57-82(79(61-70)66-32-15-6-16-33-66)90-83-46-27-47-85-87(83)89(81-56-54-78(62-86(81)91-85)93(73-40-21-9-22-41-73,74-42-23-10-24-43-74)77-45-26-35-68(59-77)64-30-13-5-14-31-64)80-55-50-69(60-84(80)90)65-48-52-75(53-49-65)92(71-36-17-7-18-37-71,72-38-19-8-20-39-72)76-44-25-34-67(58-76)63-28-11-4-12-29-63/h4-62H,1-3H3/i4D,11D,12D,28D,29D. The van der Waals surface area contributed by atoms with Crippen molar-refractivity contribution < 1.29 is 11.6 Å². The van der Waals surface area contributed by atoms with Crippen LogP contribution in [0.5, 0.6) is 11.5 Å². The van der Waals surface area contributed by atoms with Crippen LogP contribution in [-0.4, -0.2) is 22.9 Å². The van der Waals surface area contributed by atoms with Crippen LogP contribution in [-0.2, 0) is 5.41 Å². The van der Waals surface area contributed by atoms with E-state index in [0.717, 1.165) is 82.5 Å². The summed E-state index contributed by atoms with van der Waals surface area (Å²) in [5.74, 6) is 1.68. The molecule has 0 saturated heterocycles. The average molecular weight is 1230 g/mol. The lowest BCUT2D eigenvalue weighted by molar-refractivity contribution is 0.488. The first-order valence-corrected chi connectivity index (χ1v) is 36.1. The molecule has 442 valence electrons. The van der Waals surface area contributed by atoms with Crippen molar-refractivity contribution in [1.82, 2.24) is 0 Å². The lowest BCUT2D eigenvalue weighted by Gasteiger charge is -2.41. The first kappa shape index (κ1) is 51.9. The van der Waals surface area contributed by atoms with Gasteiger partial charge < -0.3 is 9.64 Å². The number of rotatable bonds is 13. The Bertz CT molecular complexity index is 5240. The van der Waals surface area contributed by atoms with Crippen molar-refractivity contribution in [3.05, 3.63) is 363 Å².